The topological polar surface area (TPSA) is 27.0 Å². The summed E-state index contributed by atoms with van der Waals surface area (Å²) in [6.07, 6.45) is 2.92. The molecule has 0 spiro atoms. The van der Waals surface area contributed by atoms with Crippen LogP contribution in [-0.2, 0) is 6.54 Å². The predicted molar refractivity (Wildman–Crippen MR) is 45.2 cm³/mol. The Bertz CT molecular complexity index is 184. The molecule has 0 atom stereocenters. The van der Waals surface area contributed by atoms with Crippen molar-refractivity contribution in [2.24, 2.45) is 0 Å². The molecule has 2 nitrogen and oxygen atoms in total. The van der Waals surface area contributed by atoms with Gasteiger partial charge in [0.05, 0.1) is 5.32 Å². The SMILES string of the molecule is CCC[N+]Cc1ccccn1. The second-order valence-corrected chi connectivity index (χ2v) is 2.43. The molecule has 0 N–H and O–H groups in total. The third-order valence-corrected chi connectivity index (χ3v) is 1.38. The average Bonchev–Trinajstić information content (AvgIpc) is 2.07. The highest BCUT2D eigenvalue weighted by Gasteiger charge is 2.02. The van der Waals surface area contributed by atoms with Gasteiger partial charge in [-0.3, -0.25) is 4.98 Å². The zero-order valence-electron chi connectivity index (χ0n) is 6.83. The largest absolute Gasteiger partial charge is 0.255 e. The predicted octanol–water partition coefficient (Wildman–Crippen LogP) is 1.60. The highest BCUT2D eigenvalue weighted by Crippen LogP contribution is 1.92. The maximum atomic E-state index is 4.30. The molecule has 1 heterocycles. The molecule has 0 amide bonds. The maximum Gasteiger partial charge on any atom is 0.225 e. The molecule has 0 aliphatic heterocycles. The van der Waals surface area contributed by atoms with Gasteiger partial charge in [-0.25, -0.2) is 0 Å². The van der Waals surface area contributed by atoms with Crippen LogP contribution in [0.2, 0.25) is 0 Å². The fourth-order valence-electron chi connectivity index (χ4n) is 0.843. The molecule has 0 aliphatic rings. The van der Waals surface area contributed by atoms with Gasteiger partial charge < -0.3 is 0 Å². The molecule has 0 bridgehead atoms. The van der Waals surface area contributed by atoms with E-state index in [0.717, 1.165) is 25.2 Å². The van der Waals surface area contributed by atoms with Gasteiger partial charge in [0, 0.05) is 12.6 Å². The summed E-state index contributed by atoms with van der Waals surface area (Å²) in [5.41, 5.74) is 1.06. The molecular formula is C9H13N2+. The summed E-state index contributed by atoms with van der Waals surface area (Å²) in [5, 5.41) is 4.30. The van der Waals surface area contributed by atoms with Crippen molar-refractivity contribution in [2.75, 3.05) is 6.54 Å². The van der Waals surface area contributed by atoms with Crippen LogP contribution in [0.4, 0.5) is 0 Å². The second kappa shape index (κ2) is 4.85. The minimum absolute atomic E-state index is 0.759. The Balaban J connectivity index is 2.28. The van der Waals surface area contributed by atoms with Crippen molar-refractivity contribution in [2.45, 2.75) is 19.9 Å². The van der Waals surface area contributed by atoms with Gasteiger partial charge in [0.15, 0.2) is 6.54 Å². The van der Waals surface area contributed by atoms with Gasteiger partial charge in [0.25, 0.3) is 0 Å². The molecule has 0 saturated heterocycles. The smallest absolute Gasteiger partial charge is 0.225 e. The summed E-state index contributed by atoms with van der Waals surface area (Å²) in [4.78, 5) is 4.16. The Morgan fingerprint density at radius 2 is 2.36 bits per heavy atom. The molecule has 0 aliphatic carbocycles. The summed E-state index contributed by atoms with van der Waals surface area (Å²) >= 11 is 0. The van der Waals surface area contributed by atoms with Gasteiger partial charge in [-0.15, -0.1) is 0 Å². The van der Waals surface area contributed by atoms with E-state index in [-0.39, 0.29) is 0 Å². The Labute approximate surface area is 67.7 Å². The van der Waals surface area contributed by atoms with Crippen molar-refractivity contribution in [1.29, 1.82) is 0 Å². The van der Waals surface area contributed by atoms with Crippen LogP contribution in [-0.4, -0.2) is 11.5 Å². The lowest BCUT2D eigenvalue weighted by Gasteiger charge is -1.87. The average molecular weight is 149 g/mol. The molecular weight excluding hydrogens is 136 g/mol. The Hall–Kier alpha value is -0.890. The van der Waals surface area contributed by atoms with Crippen LogP contribution in [0.3, 0.4) is 0 Å². The Morgan fingerprint density at radius 3 is 3.00 bits per heavy atom. The molecule has 0 fully saturated rings. The van der Waals surface area contributed by atoms with E-state index in [0.29, 0.717) is 0 Å². The number of hydrogen-bond acceptors (Lipinski definition) is 1. The van der Waals surface area contributed by atoms with E-state index < -0.39 is 0 Å². The van der Waals surface area contributed by atoms with E-state index in [2.05, 4.69) is 17.2 Å². The molecule has 1 aromatic heterocycles. The highest BCUT2D eigenvalue weighted by molar-refractivity contribution is 5.02. The standard InChI is InChI=1S/C9H13N2/c1-2-6-10-8-9-5-3-4-7-11-9/h3-5,7H,2,6,8H2,1H3/q+1. The number of pyridine rings is 1. The quantitative estimate of drug-likeness (QED) is 0.597. The Kier molecular flexibility index (Phi) is 3.62. The van der Waals surface area contributed by atoms with Crippen molar-refractivity contribution in [3.63, 3.8) is 0 Å². The fourth-order valence-corrected chi connectivity index (χ4v) is 0.843. The normalized spacial score (nSPS) is 9.91. The lowest BCUT2D eigenvalue weighted by molar-refractivity contribution is 0.650. The number of nitrogens with zero attached hydrogens (tertiary/aromatic N) is 2. The first kappa shape index (κ1) is 8.21. The van der Waals surface area contributed by atoms with E-state index in [4.69, 9.17) is 0 Å². The summed E-state index contributed by atoms with van der Waals surface area (Å²) in [5.74, 6) is 0. The van der Waals surface area contributed by atoms with Gasteiger partial charge in [-0.2, -0.15) is 0 Å². The van der Waals surface area contributed by atoms with Crippen molar-refractivity contribution < 1.29 is 0 Å². The molecule has 1 rings (SSSR count). The molecule has 58 valence electrons. The van der Waals surface area contributed by atoms with Crippen molar-refractivity contribution in [1.82, 2.24) is 10.3 Å². The van der Waals surface area contributed by atoms with Crippen LogP contribution in [0.25, 0.3) is 0 Å². The molecule has 2 heteroatoms. The minimum Gasteiger partial charge on any atom is -0.255 e. The first-order chi connectivity index (χ1) is 5.43. The zero-order chi connectivity index (χ0) is 7.94. The number of rotatable bonds is 4. The summed E-state index contributed by atoms with van der Waals surface area (Å²) in [6.45, 7) is 3.83. The zero-order valence-corrected chi connectivity index (χ0v) is 6.83. The van der Waals surface area contributed by atoms with Crippen molar-refractivity contribution >= 4 is 0 Å². The Morgan fingerprint density at radius 1 is 1.45 bits per heavy atom. The summed E-state index contributed by atoms with van der Waals surface area (Å²) in [6, 6.07) is 5.91. The van der Waals surface area contributed by atoms with E-state index in [9.17, 15) is 0 Å². The maximum absolute atomic E-state index is 4.30. The van der Waals surface area contributed by atoms with Gasteiger partial charge in [0.2, 0.25) is 6.54 Å². The van der Waals surface area contributed by atoms with Crippen molar-refractivity contribution in [3.05, 3.63) is 30.1 Å². The van der Waals surface area contributed by atoms with Crippen LogP contribution in [0.1, 0.15) is 19.0 Å². The third kappa shape index (κ3) is 3.14. The molecule has 0 aromatic carbocycles. The fraction of sp³-hybridized carbons (Fsp3) is 0.444. The second-order valence-electron chi connectivity index (χ2n) is 2.43. The molecule has 2 radical (unpaired) electrons. The summed E-state index contributed by atoms with van der Waals surface area (Å²) < 4.78 is 0. The van der Waals surface area contributed by atoms with E-state index >= 15 is 0 Å². The van der Waals surface area contributed by atoms with Gasteiger partial charge in [-0.1, -0.05) is 13.0 Å². The first-order valence-corrected chi connectivity index (χ1v) is 3.96. The van der Waals surface area contributed by atoms with Crippen LogP contribution < -0.4 is 5.32 Å². The third-order valence-electron chi connectivity index (χ3n) is 1.38. The lowest BCUT2D eigenvalue weighted by atomic mass is 10.3. The molecule has 0 unspecified atom stereocenters. The molecule has 0 saturated carbocycles. The van der Waals surface area contributed by atoms with Gasteiger partial charge in [-0.05, 0) is 12.1 Å². The number of aromatic nitrogens is 1. The van der Waals surface area contributed by atoms with Gasteiger partial charge >= 0.3 is 0 Å². The lowest BCUT2D eigenvalue weighted by Crippen LogP contribution is -2.06. The van der Waals surface area contributed by atoms with Crippen LogP contribution in [0, 0.1) is 0 Å². The monoisotopic (exact) mass is 149 g/mol. The van der Waals surface area contributed by atoms with Crippen LogP contribution in [0.15, 0.2) is 24.4 Å². The van der Waals surface area contributed by atoms with E-state index in [1.807, 2.05) is 18.2 Å². The minimum atomic E-state index is 0.759. The van der Waals surface area contributed by atoms with E-state index in [1.54, 1.807) is 6.20 Å². The summed E-state index contributed by atoms with van der Waals surface area (Å²) in [7, 11) is 0. The van der Waals surface area contributed by atoms with Crippen LogP contribution in [0.5, 0.6) is 0 Å². The van der Waals surface area contributed by atoms with Crippen LogP contribution >= 0.6 is 0 Å². The molecule has 11 heavy (non-hydrogen) atoms. The van der Waals surface area contributed by atoms with Crippen molar-refractivity contribution in [3.8, 4) is 0 Å². The van der Waals surface area contributed by atoms with E-state index in [1.165, 1.54) is 0 Å². The highest BCUT2D eigenvalue weighted by atomic mass is 14.9. The molecule has 1 aromatic rings. The number of hydrogen-bond donors (Lipinski definition) is 0. The first-order valence-electron chi connectivity index (χ1n) is 3.96. The van der Waals surface area contributed by atoms with Gasteiger partial charge in [0.1, 0.15) is 5.69 Å².